The van der Waals surface area contributed by atoms with Gasteiger partial charge in [-0.1, -0.05) is 30.3 Å². The number of hydrogen-bond acceptors (Lipinski definition) is 4. The molecule has 4 aromatic rings. The molecule has 0 aromatic heterocycles. The minimum absolute atomic E-state index is 0.128. The van der Waals surface area contributed by atoms with Gasteiger partial charge in [0.05, 0.1) is 30.8 Å². The van der Waals surface area contributed by atoms with Crippen LogP contribution in [-0.4, -0.2) is 35.2 Å². The third-order valence-electron chi connectivity index (χ3n) is 7.62. The Bertz CT molecular complexity index is 1720. The molecule has 1 aliphatic rings. The van der Waals surface area contributed by atoms with E-state index in [1.165, 1.54) is 42.3 Å². The van der Waals surface area contributed by atoms with Crippen LogP contribution in [-0.2, 0) is 17.5 Å². The summed E-state index contributed by atoms with van der Waals surface area (Å²) in [7, 11) is 1.44. The molecule has 1 fully saturated rings. The van der Waals surface area contributed by atoms with Crippen LogP contribution >= 0.6 is 0 Å². The number of amides is 1. The van der Waals surface area contributed by atoms with Gasteiger partial charge in [0.25, 0.3) is 0 Å². The third kappa shape index (κ3) is 5.90. The third-order valence-corrected chi connectivity index (χ3v) is 7.62. The first-order valence-corrected chi connectivity index (χ1v) is 13.3. The number of hydrogen-bond donors (Lipinski definition) is 1. The second-order valence-corrected chi connectivity index (χ2v) is 10.3. The molecule has 1 heterocycles. The van der Waals surface area contributed by atoms with Crippen molar-refractivity contribution < 1.29 is 41.7 Å². The maximum absolute atomic E-state index is 13.9. The quantitative estimate of drug-likeness (QED) is 0.218. The molecule has 4 aromatic carbocycles. The van der Waals surface area contributed by atoms with E-state index in [1.807, 2.05) is 0 Å². The van der Waals surface area contributed by atoms with Crippen molar-refractivity contribution in [1.82, 2.24) is 4.90 Å². The first kappa shape index (κ1) is 29.6. The monoisotopic (exact) mass is 593 g/mol. The predicted octanol–water partition coefficient (Wildman–Crippen LogP) is 8.28. The fourth-order valence-corrected chi connectivity index (χ4v) is 5.40. The second-order valence-electron chi connectivity index (χ2n) is 10.3. The summed E-state index contributed by atoms with van der Waals surface area (Å²) in [4.78, 5) is 25.7. The molecule has 0 aliphatic carbocycles. The Morgan fingerprint density at radius 1 is 0.977 bits per heavy atom. The van der Waals surface area contributed by atoms with Gasteiger partial charge in [0.1, 0.15) is 17.7 Å². The average molecular weight is 594 g/mol. The van der Waals surface area contributed by atoms with Crippen molar-refractivity contribution in [2.24, 2.45) is 0 Å². The standard InChI is InChI=1S/C33H27F4NO5/c1-18-13-22(31(39)40)7-10-26(18)20-8-12-29(42-3)28(16-20)27-11-9-24(33(35,36)37)14-23(27)17-38-19(2)30(43-32(38)41)21-5-4-6-25(34)15-21/h4-16,19,30H,17H2,1-3H3,(H,39,40)/t19-,30-/m0/s1. The van der Waals surface area contributed by atoms with Crippen LogP contribution in [0.25, 0.3) is 22.3 Å². The highest BCUT2D eigenvalue weighted by Gasteiger charge is 2.40. The van der Waals surface area contributed by atoms with E-state index < -0.39 is 41.8 Å². The van der Waals surface area contributed by atoms with E-state index in [-0.39, 0.29) is 17.7 Å². The highest BCUT2D eigenvalue weighted by Crippen LogP contribution is 2.41. The van der Waals surface area contributed by atoms with Crippen molar-refractivity contribution in [3.63, 3.8) is 0 Å². The fourth-order valence-electron chi connectivity index (χ4n) is 5.40. The summed E-state index contributed by atoms with van der Waals surface area (Å²) in [6, 6.07) is 18.3. The lowest BCUT2D eigenvalue weighted by Gasteiger charge is -2.24. The zero-order valence-electron chi connectivity index (χ0n) is 23.4. The molecule has 0 saturated carbocycles. The van der Waals surface area contributed by atoms with Gasteiger partial charge in [-0.25, -0.2) is 14.0 Å². The van der Waals surface area contributed by atoms with E-state index in [9.17, 15) is 32.3 Å². The zero-order valence-corrected chi connectivity index (χ0v) is 23.4. The Hall–Kier alpha value is -4.86. The van der Waals surface area contributed by atoms with Crippen LogP contribution < -0.4 is 4.74 Å². The summed E-state index contributed by atoms with van der Waals surface area (Å²) in [5.41, 5.74) is 2.88. The first-order valence-electron chi connectivity index (χ1n) is 13.3. The largest absolute Gasteiger partial charge is 0.496 e. The molecule has 1 aliphatic heterocycles. The molecule has 0 bridgehead atoms. The van der Waals surface area contributed by atoms with Crippen molar-refractivity contribution in [3.8, 4) is 28.0 Å². The number of aryl methyl sites for hydroxylation is 1. The highest BCUT2D eigenvalue weighted by atomic mass is 19.4. The van der Waals surface area contributed by atoms with Gasteiger partial charge in [-0.15, -0.1) is 0 Å². The van der Waals surface area contributed by atoms with Gasteiger partial charge in [0.15, 0.2) is 0 Å². The van der Waals surface area contributed by atoms with Crippen molar-refractivity contribution in [2.45, 2.75) is 38.7 Å². The van der Waals surface area contributed by atoms with Gasteiger partial charge in [-0.3, -0.25) is 4.90 Å². The topological polar surface area (TPSA) is 76.1 Å². The molecule has 10 heteroatoms. The lowest BCUT2D eigenvalue weighted by molar-refractivity contribution is -0.137. The predicted molar refractivity (Wildman–Crippen MR) is 151 cm³/mol. The van der Waals surface area contributed by atoms with Gasteiger partial charge < -0.3 is 14.6 Å². The number of aromatic carboxylic acids is 1. The first-order chi connectivity index (χ1) is 20.4. The number of cyclic esters (lactones) is 1. The number of carboxylic acids is 1. The normalized spacial score (nSPS) is 16.7. The maximum Gasteiger partial charge on any atom is 0.416 e. The summed E-state index contributed by atoms with van der Waals surface area (Å²) in [5, 5.41) is 9.34. The second kappa shape index (κ2) is 11.4. The van der Waals surface area contributed by atoms with Crippen LogP contribution in [0.3, 0.4) is 0 Å². The van der Waals surface area contributed by atoms with Crippen LogP contribution in [0.4, 0.5) is 22.4 Å². The molecule has 0 radical (unpaired) electrons. The summed E-state index contributed by atoms with van der Waals surface area (Å²) >= 11 is 0. The van der Waals surface area contributed by atoms with E-state index in [1.54, 1.807) is 50.2 Å². The lowest BCUT2D eigenvalue weighted by atomic mass is 9.91. The van der Waals surface area contributed by atoms with Gasteiger partial charge in [0.2, 0.25) is 0 Å². The van der Waals surface area contributed by atoms with Crippen LogP contribution in [0.15, 0.2) is 78.9 Å². The molecule has 43 heavy (non-hydrogen) atoms. The van der Waals surface area contributed by atoms with E-state index in [2.05, 4.69) is 0 Å². The molecule has 0 spiro atoms. The Balaban J connectivity index is 1.59. The number of rotatable bonds is 7. The minimum Gasteiger partial charge on any atom is -0.496 e. The van der Waals surface area contributed by atoms with Crippen LogP contribution in [0.2, 0.25) is 0 Å². The minimum atomic E-state index is -4.64. The van der Waals surface area contributed by atoms with E-state index in [0.29, 0.717) is 33.6 Å². The SMILES string of the molecule is COc1ccc(-c2ccc(C(=O)O)cc2C)cc1-c1ccc(C(F)(F)F)cc1CN1C(=O)O[C@H](c2cccc(F)c2)[C@@H]1C. The summed E-state index contributed by atoms with van der Waals surface area (Å²) in [6.45, 7) is 3.24. The highest BCUT2D eigenvalue weighted by molar-refractivity contribution is 5.89. The molecule has 222 valence electrons. The number of carbonyl (C=O) groups excluding carboxylic acids is 1. The van der Waals surface area contributed by atoms with E-state index in [0.717, 1.165) is 17.7 Å². The Kier molecular flexibility index (Phi) is 7.88. The molecule has 1 N–H and O–H groups in total. The number of ether oxygens (including phenoxy) is 2. The number of carboxylic acid groups (broad SMARTS) is 1. The van der Waals surface area contributed by atoms with Crippen LogP contribution in [0, 0.1) is 12.7 Å². The van der Waals surface area contributed by atoms with Crippen LogP contribution in [0.5, 0.6) is 5.75 Å². The fraction of sp³-hybridized carbons (Fsp3) is 0.212. The van der Waals surface area contributed by atoms with Crippen molar-refractivity contribution >= 4 is 12.1 Å². The molecular formula is C33H27F4NO5. The smallest absolute Gasteiger partial charge is 0.416 e. The van der Waals surface area contributed by atoms with Crippen molar-refractivity contribution in [2.75, 3.05) is 7.11 Å². The molecule has 0 unspecified atom stereocenters. The van der Waals surface area contributed by atoms with Crippen LogP contribution in [0.1, 0.15) is 45.6 Å². The molecule has 2 atom stereocenters. The number of alkyl halides is 3. The Morgan fingerprint density at radius 3 is 2.37 bits per heavy atom. The molecule has 5 rings (SSSR count). The van der Waals surface area contributed by atoms with Crippen molar-refractivity contribution in [1.29, 1.82) is 0 Å². The lowest BCUT2D eigenvalue weighted by Crippen LogP contribution is -2.31. The number of methoxy groups -OCH3 is 1. The van der Waals surface area contributed by atoms with Gasteiger partial charge in [-0.05, 0) is 95.8 Å². The van der Waals surface area contributed by atoms with E-state index in [4.69, 9.17) is 9.47 Å². The zero-order chi connectivity index (χ0) is 31.1. The summed E-state index contributed by atoms with van der Waals surface area (Å²) in [6.07, 6.45) is -6.18. The van der Waals surface area contributed by atoms with E-state index >= 15 is 0 Å². The molecule has 1 amide bonds. The average Bonchev–Trinajstić information content (AvgIpc) is 3.24. The van der Waals surface area contributed by atoms with Gasteiger partial charge in [0, 0.05) is 5.56 Å². The molecular weight excluding hydrogens is 566 g/mol. The number of halogens is 4. The number of benzene rings is 4. The van der Waals surface area contributed by atoms with Gasteiger partial charge >= 0.3 is 18.2 Å². The van der Waals surface area contributed by atoms with Crippen molar-refractivity contribution in [3.05, 3.63) is 112 Å². The summed E-state index contributed by atoms with van der Waals surface area (Å²) < 4.78 is 66.6. The molecule has 1 saturated heterocycles. The summed E-state index contributed by atoms with van der Waals surface area (Å²) in [5.74, 6) is -1.17. The number of carbonyl (C=O) groups is 2. The van der Waals surface area contributed by atoms with Gasteiger partial charge in [-0.2, -0.15) is 13.2 Å². The molecule has 6 nitrogen and oxygen atoms in total. The number of nitrogens with zero attached hydrogens (tertiary/aromatic N) is 1. The Labute approximate surface area is 245 Å². The maximum atomic E-state index is 13.9. The Morgan fingerprint density at radius 2 is 1.72 bits per heavy atom.